The van der Waals surface area contributed by atoms with Gasteiger partial charge in [-0.05, 0) is 55.7 Å². The van der Waals surface area contributed by atoms with E-state index in [-0.39, 0.29) is 23.2 Å². The molecule has 4 rings (SSSR count). The summed E-state index contributed by atoms with van der Waals surface area (Å²) in [7, 11) is 0.757. The van der Waals surface area contributed by atoms with Crippen LogP contribution < -0.4 is 20.1 Å². The molecule has 204 valence electrons. The van der Waals surface area contributed by atoms with Crippen LogP contribution in [0.5, 0.6) is 11.5 Å². The van der Waals surface area contributed by atoms with E-state index in [0.717, 1.165) is 41.2 Å². The molecular formula is C27H34N4O5S2. The Morgan fingerprint density at radius 1 is 1.08 bits per heavy atom. The zero-order chi connectivity index (χ0) is 27.3. The number of nitrogens with zero attached hydrogens (tertiary/aromatic N) is 2. The molecule has 0 saturated heterocycles. The first-order valence-corrected chi connectivity index (χ1v) is 14.9. The normalized spacial score (nSPS) is 14.3. The molecule has 0 radical (unpaired) electrons. The summed E-state index contributed by atoms with van der Waals surface area (Å²) in [5.41, 5.74) is 2.81. The molecule has 0 unspecified atom stereocenters. The Kier molecular flexibility index (Phi) is 8.91. The van der Waals surface area contributed by atoms with E-state index in [2.05, 4.69) is 15.6 Å². The fraction of sp³-hybridized carbons (Fsp3) is 0.407. The Labute approximate surface area is 228 Å². The lowest BCUT2D eigenvalue weighted by molar-refractivity contribution is -0.116. The topological polar surface area (TPSA) is 110 Å². The zero-order valence-corrected chi connectivity index (χ0v) is 23.7. The molecule has 9 nitrogen and oxygen atoms in total. The molecule has 0 spiro atoms. The third-order valence-corrected chi connectivity index (χ3v) is 9.45. The summed E-state index contributed by atoms with van der Waals surface area (Å²) < 4.78 is 40.1. The van der Waals surface area contributed by atoms with Crippen LogP contribution in [0.15, 0.2) is 46.7 Å². The van der Waals surface area contributed by atoms with Crippen molar-refractivity contribution in [3.05, 3.63) is 47.3 Å². The van der Waals surface area contributed by atoms with Gasteiger partial charge in [-0.2, -0.15) is 4.31 Å². The Bertz CT molecular complexity index is 1380. The predicted molar refractivity (Wildman–Crippen MR) is 151 cm³/mol. The number of hydrogen-bond donors (Lipinski definition) is 2. The molecule has 0 atom stereocenters. The molecule has 1 heterocycles. The number of anilines is 2. The molecule has 1 aromatic heterocycles. The van der Waals surface area contributed by atoms with E-state index in [1.54, 1.807) is 37.4 Å². The fourth-order valence-electron chi connectivity index (χ4n) is 4.71. The molecule has 11 heteroatoms. The lowest BCUT2D eigenvalue weighted by atomic mass is 9.95. The molecule has 2 N–H and O–H groups in total. The van der Waals surface area contributed by atoms with Crippen molar-refractivity contribution < 1.29 is 22.7 Å². The molecule has 0 aliphatic heterocycles. The summed E-state index contributed by atoms with van der Waals surface area (Å²) in [6, 6.07) is 10.2. The second kappa shape index (κ2) is 12.1. The van der Waals surface area contributed by atoms with Crippen LogP contribution in [-0.4, -0.2) is 57.5 Å². The second-order valence-electron chi connectivity index (χ2n) is 9.25. The van der Waals surface area contributed by atoms with Crippen LogP contribution in [0.25, 0.3) is 11.3 Å². The molecule has 38 heavy (non-hydrogen) atoms. The summed E-state index contributed by atoms with van der Waals surface area (Å²) >= 11 is 1.48. The Morgan fingerprint density at radius 2 is 1.79 bits per heavy atom. The van der Waals surface area contributed by atoms with Crippen molar-refractivity contribution >= 4 is 38.1 Å². The largest absolute Gasteiger partial charge is 0.495 e. The van der Waals surface area contributed by atoms with Gasteiger partial charge in [-0.1, -0.05) is 25.3 Å². The van der Waals surface area contributed by atoms with E-state index in [1.165, 1.54) is 29.9 Å². The van der Waals surface area contributed by atoms with Gasteiger partial charge in [-0.25, -0.2) is 13.4 Å². The average Bonchev–Trinajstić information content (AvgIpc) is 3.41. The van der Waals surface area contributed by atoms with Crippen molar-refractivity contribution in [2.45, 2.75) is 50.0 Å². The van der Waals surface area contributed by atoms with Gasteiger partial charge in [0.25, 0.3) is 0 Å². The highest BCUT2D eigenvalue weighted by atomic mass is 32.2. The standard InChI is InChI=1S/C27H34N4O5S2/c1-18-10-12-24(36-4)25(14-18)38(33,34)31(20-8-6-5-7-9-20)16-26(32)29-21-15-19(11-13-23(21)35-3)22-17-37-27(28-2)30-22/h10-15,17,20H,5-9,16H2,1-4H3,(H,28,30)(H,29,32). The Balaban J connectivity index is 1.64. The van der Waals surface area contributed by atoms with E-state index in [4.69, 9.17) is 9.47 Å². The summed E-state index contributed by atoms with van der Waals surface area (Å²) in [6.45, 7) is 1.51. The number of rotatable bonds is 10. The number of carbonyl (C=O) groups excluding carboxylic acids is 1. The molecule has 3 aromatic rings. The number of carbonyl (C=O) groups is 1. The first-order chi connectivity index (χ1) is 18.3. The van der Waals surface area contributed by atoms with Crippen molar-refractivity contribution in [1.82, 2.24) is 9.29 Å². The van der Waals surface area contributed by atoms with Crippen LogP contribution >= 0.6 is 11.3 Å². The van der Waals surface area contributed by atoms with Gasteiger partial charge in [0.2, 0.25) is 15.9 Å². The van der Waals surface area contributed by atoms with Gasteiger partial charge in [-0.3, -0.25) is 4.79 Å². The third kappa shape index (κ3) is 6.11. The number of methoxy groups -OCH3 is 2. The maximum absolute atomic E-state index is 14.0. The molecule has 1 fully saturated rings. The average molecular weight is 559 g/mol. The number of amides is 1. The van der Waals surface area contributed by atoms with E-state index in [9.17, 15) is 13.2 Å². The maximum atomic E-state index is 14.0. The number of aryl methyl sites for hydroxylation is 1. The number of thiazole rings is 1. The monoisotopic (exact) mass is 558 g/mol. The third-order valence-electron chi connectivity index (χ3n) is 6.67. The minimum atomic E-state index is -4.02. The highest BCUT2D eigenvalue weighted by molar-refractivity contribution is 7.89. The highest BCUT2D eigenvalue weighted by Crippen LogP contribution is 2.34. The SMILES string of the molecule is CNc1nc(-c2ccc(OC)c(NC(=O)CN(C3CCCCC3)S(=O)(=O)c3cc(C)ccc3OC)c2)cs1. The van der Waals surface area contributed by atoms with Gasteiger partial charge in [0.15, 0.2) is 5.13 Å². The Hall–Kier alpha value is -3.15. The Morgan fingerprint density at radius 3 is 2.45 bits per heavy atom. The maximum Gasteiger partial charge on any atom is 0.247 e. The van der Waals surface area contributed by atoms with Crippen molar-refractivity contribution in [2.75, 3.05) is 38.4 Å². The van der Waals surface area contributed by atoms with E-state index in [0.29, 0.717) is 24.3 Å². The van der Waals surface area contributed by atoms with Gasteiger partial charge in [0, 0.05) is 24.0 Å². The van der Waals surface area contributed by atoms with Gasteiger partial charge >= 0.3 is 0 Å². The number of sulfonamides is 1. The first kappa shape index (κ1) is 27.9. The molecular weight excluding hydrogens is 524 g/mol. The molecule has 1 aliphatic carbocycles. The summed E-state index contributed by atoms with van der Waals surface area (Å²) in [4.78, 5) is 18.0. The van der Waals surface area contributed by atoms with Crippen LogP contribution in [0.3, 0.4) is 0 Å². The lowest BCUT2D eigenvalue weighted by Crippen LogP contribution is -2.45. The number of ether oxygens (including phenoxy) is 2. The summed E-state index contributed by atoms with van der Waals surface area (Å²) in [5.74, 6) is 0.282. The van der Waals surface area contributed by atoms with Crippen molar-refractivity contribution in [3.8, 4) is 22.8 Å². The molecule has 1 saturated carbocycles. The fourth-order valence-corrected chi connectivity index (χ4v) is 7.27. The quantitative estimate of drug-likeness (QED) is 0.355. The zero-order valence-electron chi connectivity index (χ0n) is 22.1. The van der Waals surface area contributed by atoms with Crippen molar-refractivity contribution in [3.63, 3.8) is 0 Å². The molecule has 2 aromatic carbocycles. The van der Waals surface area contributed by atoms with Crippen LogP contribution in [0.2, 0.25) is 0 Å². The lowest BCUT2D eigenvalue weighted by Gasteiger charge is -2.33. The molecule has 0 bridgehead atoms. The minimum Gasteiger partial charge on any atom is -0.495 e. The van der Waals surface area contributed by atoms with Crippen molar-refractivity contribution in [2.24, 2.45) is 0 Å². The van der Waals surface area contributed by atoms with E-state index >= 15 is 0 Å². The van der Waals surface area contributed by atoms with Crippen molar-refractivity contribution in [1.29, 1.82) is 0 Å². The first-order valence-electron chi connectivity index (χ1n) is 12.5. The van der Waals surface area contributed by atoms with Gasteiger partial charge in [-0.15, -0.1) is 11.3 Å². The van der Waals surface area contributed by atoms with Crippen LogP contribution in [0.1, 0.15) is 37.7 Å². The van der Waals surface area contributed by atoms with Gasteiger partial charge in [0.05, 0.1) is 32.1 Å². The summed E-state index contributed by atoms with van der Waals surface area (Å²) in [5, 5.41) is 8.61. The van der Waals surface area contributed by atoms with Gasteiger partial charge in [0.1, 0.15) is 16.4 Å². The second-order valence-corrected chi connectivity index (χ2v) is 12.0. The van der Waals surface area contributed by atoms with E-state index in [1.807, 2.05) is 18.4 Å². The number of aromatic nitrogens is 1. The number of nitrogens with one attached hydrogen (secondary N) is 2. The van der Waals surface area contributed by atoms with Crippen LogP contribution in [-0.2, 0) is 14.8 Å². The highest BCUT2D eigenvalue weighted by Gasteiger charge is 2.36. The van der Waals surface area contributed by atoms with Crippen LogP contribution in [0, 0.1) is 6.92 Å². The smallest absolute Gasteiger partial charge is 0.247 e. The number of benzene rings is 2. The van der Waals surface area contributed by atoms with Gasteiger partial charge < -0.3 is 20.1 Å². The summed E-state index contributed by atoms with van der Waals surface area (Å²) in [6.07, 6.45) is 4.30. The molecule has 1 amide bonds. The minimum absolute atomic E-state index is 0.0711. The van der Waals surface area contributed by atoms with Crippen LogP contribution in [0.4, 0.5) is 10.8 Å². The molecule has 1 aliphatic rings. The van der Waals surface area contributed by atoms with E-state index < -0.39 is 15.9 Å². The predicted octanol–water partition coefficient (Wildman–Crippen LogP) is 5.14. The number of hydrogen-bond acceptors (Lipinski definition) is 8.